The van der Waals surface area contributed by atoms with E-state index in [9.17, 15) is 9.59 Å². The van der Waals surface area contributed by atoms with E-state index in [4.69, 9.17) is 9.47 Å². The van der Waals surface area contributed by atoms with Gasteiger partial charge in [-0.3, -0.25) is 9.59 Å². The third-order valence-corrected chi connectivity index (χ3v) is 5.81. The SMILES string of the molecule is CCCOc1ccccc1N1C(=O)C(Nc2ccc(OC)cc2)=C(c2ccc(C)c(C)c2)C1=O. The van der Waals surface area contributed by atoms with Crippen molar-refractivity contribution in [2.45, 2.75) is 27.2 Å². The Labute approximate surface area is 199 Å². The number of hydrogen-bond acceptors (Lipinski definition) is 5. The number of nitrogens with one attached hydrogen (secondary N) is 1. The summed E-state index contributed by atoms with van der Waals surface area (Å²) in [5, 5.41) is 3.19. The average molecular weight is 457 g/mol. The summed E-state index contributed by atoms with van der Waals surface area (Å²) in [5.74, 6) is 0.376. The summed E-state index contributed by atoms with van der Waals surface area (Å²) < 4.78 is 11.1. The summed E-state index contributed by atoms with van der Waals surface area (Å²) >= 11 is 0. The number of benzene rings is 3. The van der Waals surface area contributed by atoms with Crippen molar-refractivity contribution >= 4 is 28.8 Å². The van der Waals surface area contributed by atoms with E-state index in [1.807, 2.05) is 57.2 Å². The minimum Gasteiger partial charge on any atom is -0.497 e. The highest BCUT2D eigenvalue weighted by atomic mass is 16.5. The van der Waals surface area contributed by atoms with Crippen LogP contribution < -0.4 is 19.7 Å². The molecule has 1 heterocycles. The lowest BCUT2D eigenvalue weighted by molar-refractivity contribution is -0.120. The highest BCUT2D eigenvalue weighted by Crippen LogP contribution is 2.38. The quantitative estimate of drug-likeness (QED) is 0.454. The molecule has 0 saturated heterocycles. The van der Waals surface area contributed by atoms with Gasteiger partial charge >= 0.3 is 0 Å². The van der Waals surface area contributed by atoms with Crippen LogP contribution in [-0.4, -0.2) is 25.5 Å². The fourth-order valence-electron chi connectivity index (χ4n) is 3.82. The van der Waals surface area contributed by atoms with Crippen LogP contribution in [0, 0.1) is 13.8 Å². The Morgan fingerprint density at radius 3 is 2.29 bits per heavy atom. The number of carbonyl (C=O) groups is 2. The van der Waals surface area contributed by atoms with E-state index >= 15 is 0 Å². The molecule has 0 bridgehead atoms. The Kier molecular flexibility index (Phi) is 6.68. The van der Waals surface area contributed by atoms with E-state index in [2.05, 4.69) is 5.32 Å². The Morgan fingerprint density at radius 1 is 0.882 bits per heavy atom. The topological polar surface area (TPSA) is 67.9 Å². The third kappa shape index (κ3) is 4.39. The van der Waals surface area contributed by atoms with E-state index in [1.165, 1.54) is 4.90 Å². The zero-order valence-electron chi connectivity index (χ0n) is 19.8. The maximum Gasteiger partial charge on any atom is 0.282 e. The van der Waals surface area contributed by atoms with Crippen LogP contribution in [0.2, 0.25) is 0 Å². The van der Waals surface area contributed by atoms with Gasteiger partial charge in [-0.25, -0.2) is 4.90 Å². The predicted octanol–water partition coefficient (Wildman–Crippen LogP) is 5.50. The lowest BCUT2D eigenvalue weighted by Crippen LogP contribution is -2.32. The van der Waals surface area contributed by atoms with E-state index in [-0.39, 0.29) is 5.70 Å². The summed E-state index contributed by atoms with van der Waals surface area (Å²) in [5.41, 5.74) is 4.50. The number of aryl methyl sites for hydroxylation is 2. The van der Waals surface area contributed by atoms with Crippen molar-refractivity contribution in [2.75, 3.05) is 23.9 Å². The number of ether oxygens (including phenoxy) is 2. The molecule has 6 heteroatoms. The van der Waals surface area contributed by atoms with Crippen LogP contribution >= 0.6 is 0 Å². The van der Waals surface area contributed by atoms with Gasteiger partial charge in [0.05, 0.1) is 25.0 Å². The van der Waals surface area contributed by atoms with Gasteiger partial charge in [-0.05, 0) is 73.4 Å². The molecule has 0 fully saturated rings. The fraction of sp³-hybridized carbons (Fsp3) is 0.214. The number of anilines is 2. The second-order valence-electron chi connectivity index (χ2n) is 8.16. The molecule has 0 unspecified atom stereocenters. The smallest absolute Gasteiger partial charge is 0.282 e. The molecule has 34 heavy (non-hydrogen) atoms. The molecule has 3 aromatic rings. The average Bonchev–Trinajstić information content (AvgIpc) is 3.09. The third-order valence-electron chi connectivity index (χ3n) is 5.81. The van der Waals surface area contributed by atoms with Gasteiger partial charge in [0.1, 0.15) is 17.2 Å². The van der Waals surface area contributed by atoms with Crippen molar-refractivity contribution in [3.8, 4) is 11.5 Å². The van der Waals surface area contributed by atoms with Crippen molar-refractivity contribution in [3.63, 3.8) is 0 Å². The molecule has 6 nitrogen and oxygen atoms in total. The van der Waals surface area contributed by atoms with Gasteiger partial charge in [0.2, 0.25) is 0 Å². The van der Waals surface area contributed by atoms with Crippen molar-refractivity contribution < 1.29 is 19.1 Å². The Bertz CT molecular complexity index is 1260. The number of rotatable bonds is 8. The number of para-hydroxylation sites is 2. The monoisotopic (exact) mass is 456 g/mol. The van der Waals surface area contributed by atoms with Crippen LogP contribution in [0.5, 0.6) is 11.5 Å². The zero-order valence-corrected chi connectivity index (χ0v) is 19.8. The van der Waals surface area contributed by atoms with Crippen LogP contribution in [-0.2, 0) is 9.59 Å². The highest BCUT2D eigenvalue weighted by molar-refractivity contribution is 6.46. The number of carbonyl (C=O) groups excluding carboxylic acids is 2. The lowest BCUT2D eigenvalue weighted by Gasteiger charge is -2.19. The normalized spacial score (nSPS) is 13.5. The van der Waals surface area contributed by atoms with Crippen LogP contribution in [0.15, 0.2) is 72.4 Å². The van der Waals surface area contributed by atoms with Crippen LogP contribution in [0.1, 0.15) is 30.0 Å². The first kappa shape index (κ1) is 23.1. The molecule has 3 aromatic carbocycles. The van der Waals surface area contributed by atoms with E-state index in [1.54, 1.807) is 37.4 Å². The van der Waals surface area contributed by atoms with Gasteiger partial charge in [0.25, 0.3) is 11.8 Å². The van der Waals surface area contributed by atoms with Crippen LogP contribution in [0.3, 0.4) is 0 Å². The fourth-order valence-corrected chi connectivity index (χ4v) is 3.82. The number of imide groups is 1. The number of amides is 2. The maximum atomic E-state index is 13.8. The second-order valence-corrected chi connectivity index (χ2v) is 8.16. The van der Waals surface area contributed by atoms with Crippen molar-refractivity contribution in [3.05, 3.63) is 89.1 Å². The van der Waals surface area contributed by atoms with Crippen LogP contribution in [0.4, 0.5) is 11.4 Å². The first-order valence-electron chi connectivity index (χ1n) is 11.3. The summed E-state index contributed by atoms with van der Waals surface area (Å²) in [7, 11) is 1.60. The molecule has 1 N–H and O–H groups in total. The molecule has 0 aliphatic carbocycles. The standard InChI is InChI=1S/C28H28N2O4/c1-5-16-34-24-9-7-6-8-23(24)30-27(31)25(20-11-10-18(2)19(3)17-20)26(28(30)32)29-21-12-14-22(33-4)15-13-21/h6-15,17,29H,5,16H2,1-4H3. The van der Waals surface area contributed by atoms with E-state index in [0.717, 1.165) is 17.5 Å². The van der Waals surface area contributed by atoms with Gasteiger partial charge in [0, 0.05) is 5.69 Å². The number of nitrogens with zero attached hydrogens (tertiary/aromatic N) is 1. The molecule has 0 aromatic heterocycles. The lowest BCUT2D eigenvalue weighted by atomic mass is 9.99. The Balaban J connectivity index is 1.81. The molecule has 1 aliphatic heterocycles. The van der Waals surface area contributed by atoms with Gasteiger partial charge in [-0.15, -0.1) is 0 Å². The molecule has 0 radical (unpaired) electrons. The highest BCUT2D eigenvalue weighted by Gasteiger charge is 2.41. The van der Waals surface area contributed by atoms with Gasteiger partial charge in [0.15, 0.2) is 0 Å². The van der Waals surface area contributed by atoms with E-state index in [0.29, 0.717) is 40.6 Å². The Hall–Kier alpha value is -4.06. The van der Waals surface area contributed by atoms with Crippen molar-refractivity contribution in [2.24, 2.45) is 0 Å². The molecule has 2 amide bonds. The number of hydrogen-bond donors (Lipinski definition) is 1. The van der Waals surface area contributed by atoms with Crippen molar-refractivity contribution in [1.29, 1.82) is 0 Å². The summed E-state index contributed by atoms with van der Waals surface area (Å²) in [6, 6.07) is 20.1. The summed E-state index contributed by atoms with van der Waals surface area (Å²) in [6.07, 6.45) is 0.812. The zero-order chi connectivity index (χ0) is 24.2. The van der Waals surface area contributed by atoms with E-state index < -0.39 is 11.8 Å². The summed E-state index contributed by atoms with van der Waals surface area (Å²) in [6.45, 7) is 6.49. The molecular weight excluding hydrogens is 428 g/mol. The largest absolute Gasteiger partial charge is 0.497 e. The van der Waals surface area contributed by atoms with Crippen LogP contribution in [0.25, 0.3) is 5.57 Å². The molecule has 0 saturated carbocycles. The first-order chi connectivity index (χ1) is 16.4. The van der Waals surface area contributed by atoms with Gasteiger partial charge in [-0.2, -0.15) is 0 Å². The molecule has 4 rings (SSSR count). The number of methoxy groups -OCH3 is 1. The molecule has 1 aliphatic rings. The maximum absolute atomic E-state index is 13.8. The minimum atomic E-state index is -0.429. The first-order valence-corrected chi connectivity index (χ1v) is 11.3. The molecule has 0 atom stereocenters. The van der Waals surface area contributed by atoms with Gasteiger partial charge in [-0.1, -0.05) is 37.3 Å². The van der Waals surface area contributed by atoms with Crippen molar-refractivity contribution in [1.82, 2.24) is 0 Å². The second kappa shape index (κ2) is 9.83. The molecule has 174 valence electrons. The molecule has 0 spiro atoms. The molecular formula is C28H28N2O4. The Morgan fingerprint density at radius 2 is 1.62 bits per heavy atom. The van der Waals surface area contributed by atoms with Gasteiger partial charge < -0.3 is 14.8 Å². The summed E-state index contributed by atoms with van der Waals surface area (Å²) in [4.78, 5) is 28.7. The predicted molar refractivity (Wildman–Crippen MR) is 134 cm³/mol. The minimum absolute atomic E-state index is 0.226.